The fourth-order valence-corrected chi connectivity index (χ4v) is 3.27. The Kier molecular flexibility index (Phi) is 3.00. The number of nitrogens with one attached hydrogen (secondary N) is 1. The summed E-state index contributed by atoms with van der Waals surface area (Å²) in [6.07, 6.45) is 3.28. The molecule has 1 N–H and O–H groups in total. The largest absolute Gasteiger partial charge is 0.487 e. The highest BCUT2D eigenvalue weighted by Crippen LogP contribution is 2.49. The van der Waals surface area contributed by atoms with E-state index < -0.39 is 0 Å². The van der Waals surface area contributed by atoms with Gasteiger partial charge in [0.05, 0.1) is 6.10 Å². The van der Waals surface area contributed by atoms with E-state index in [4.69, 9.17) is 21.1 Å². The second kappa shape index (κ2) is 4.41. The zero-order chi connectivity index (χ0) is 12.8. The topological polar surface area (TPSA) is 30.5 Å². The molecule has 1 aliphatic carbocycles. The van der Waals surface area contributed by atoms with Crippen LogP contribution in [0, 0.1) is 0 Å². The van der Waals surface area contributed by atoms with Crippen molar-refractivity contribution in [2.75, 3.05) is 14.2 Å². The van der Waals surface area contributed by atoms with Crippen LogP contribution in [0.15, 0.2) is 18.2 Å². The lowest BCUT2D eigenvalue weighted by atomic mass is 9.71. The summed E-state index contributed by atoms with van der Waals surface area (Å²) in [4.78, 5) is 0. The highest BCUT2D eigenvalue weighted by Gasteiger charge is 2.50. The molecule has 1 spiro atoms. The molecular formula is C14H18ClNO2. The van der Waals surface area contributed by atoms with Gasteiger partial charge in [0, 0.05) is 43.0 Å². The van der Waals surface area contributed by atoms with Gasteiger partial charge in [0.15, 0.2) is 0 Å². The number of methoxy groups -OCH3 is 1. The van der Waals surface area contributed by atoms with Crippen LogP contribution >= 0.6 is 11.6 Å². The molecule has 1 saturated carbocycles. The minimum Gasteiger partial charge on any atom is -0.487 e. The van der Waals surface area contributed by atoms with Crippen molar-refractivity contribution in [2.24, 2.45) is 0 Å². The molecule has 1 fully saturated rings. The van der Waals surface area contributed by atoms with Gasteiger partial charge in [0.2, 0.25) is 0 Å². The van der Waals surface area contributed by atoms with Gasteiger partial charge < -0.3 is 14.8 Å². The molecule has 1 atom stereocenters. The third kappa shape index (κ3) is 1.91. The standard InChI is InChI=1S/C14H18ClNO2/c1-16-12-8-14(6-10(7-14)17-2)18-13-4-3-9(15)5-11(12)13/h3-5,10,12,16H,6-8H2,1-2H3. The molecule has 98 valence electrons. The van der Waals surface area contributed by atoms with Crippen molar-refractivity contribution in [3.05, 3.63) is 28.8 Å². The smallest absolute Gasteiger partial charge is 0.125 e. The second-order valence-electron chi connectivity index (χ2n) is 5.28. The number of halogens is 1. The lowest BCUT2D eigenvalue weighted by molar-refractivity contribution is -0.125. The summed E-state index contributed by atoms with van der Waals surface area (Å²) in [5.41, 5.74) is 1.12. The fraction of sp³-hybridized carbons (Fsp3) is 0.571. The van der Waals surface area contributed by atoms with E-state index in [0.717, 1.165) is 35.6 Å². The molecule has 3 rings (SSSR count). The Balaban J connectivity index is 1.89. The average Bonchev–Trinajstić information content (AvgIpc) is 2.34. The Labute approximate surface area is 112 Å². The molecular weight excluding hydrogens is 250 g/mol. The lowest BCUT2D eigenvalue weighted by Gasteiger charge is -2.51. The van der Waals surface area contributed by atoms with Crippen molar-refractivity contribution in [2.45, 2.75) is 37.0 Å². The zero-order valence-electron chi connectivity index (χ0n) is 10.7. The number of hydrogen-bond acceptors (Lipinski definition) is 3. The van der Waals surface area contributed by atoms with Crippen LogP contribution in [0.1, 0.15) is 30.9 Å². The molecule has 1 heterocycles. The highest BCUT2D eigenvalue weighted by atomic mass is 35.5. The first-order valence-electron chi connectivity index (χ1n) is 6.34. The van der Waals surface area contributed by atoms with Gasteiger partial charge in [0.1, 0.15) is 11.4 Å². The highest BCUT2D eigenvalue weighted by molar-refractivity contribution is 6.30. The van der Waals surface area contributed by atoms with E-state index >= 15 is 0 Å². The average molecular weight is 268 g/mol. The summed E-state index contributed by atoms with van der Waals surface area (Å²) < 4.78 is 11.6. The van der Waals surface area contributed by atoms with E-state index in [1.54, 1.807) is 7.11 Å². The molecule has 1 aliphatic heterocycles. The Morgan fingerprint density at radius 1 is 1.39 bits per heavy atom. The van der Waals surface area contributed by atoms with Crippen LogP contribution in [0.3, 0.4) is 0 Å². The SMILES string of the molecule is CNC1CC2(CC(OC)C2)Oc2ccc(Cl)cc21. The van der Waals surface area contributed by atoms with Gasteiger partial charge in [-0.3, -0.25) is 0 Å². The summed E-state index contributed by atoms with van der Waals surface area (Å²) in [6, 6.07) is 6.17. The quantitative estimate of drug-likeness (QED) is 0.894. The minimum atomic E-state index is -0.0464. The Hall–Kier alpha value is -0.770. The van der Waals surface area contributed by atoms with Crippen LogP contribution in [0.5, 0.6) is 5.75 Å². The summed E-state index contributed by atoms with van der Waals surface area (Å²) in [7, 11) is 3.75. The van der Waals surface area contributed by atoms with Gasteiger partial charge in [-0.05, 0) is 25.2 Å². The summed E-state index contributed by atoms with van der Waals surface area (Å²) >= 11 is 6.06. The third-order valence-corrected chi connectivity index (χ3v) is 4.37. The molecule has 1 unspecified atom stereocenters. The fourth-order valence-electron chi connectivity index (χ4n) is 3.09. The van der Waals surface area contributed by atoms with E-state index in [9.17, 15) is 0 Å². The summed E-state index contributed by atoms with van der Waals surface area (Å²) in [5.74, 6) is 0.958. The maximum Gasteiger partial charge on any atom is 0.125 e. The first-order chi connectivity index (χ1) is 8.65. The van der Waals surface area contributed by atoms with Gasteiger partial charge in [0.25, 0.3) is 0 Å². The molecule has 1 aromatic rings. The first-order valence-corrected chi connectivity index (χ1v) is 6.72. The Morgan fingerprint density at radius 2 is 2.17 bits per heavy atom. The molecule has 4 heteroatoms. The number of benzene rings is 1. The second-order valence-corrected chi connectivity index (χ2v) is 5.72. The van der Waals surface area contributed by atoms with E-state index in [1.165, 1.54) is 0 Å². The van der Waals surface area contributed by atoms with Crippen LogP contribution in [-0.2, 0) is 4.74 Å². The maximum atomic E-state index is 6.20. The molecule has 0 bridgehead atoms. The molecule has 18 heavy (non-hydrogen) atoms. The van der Waals surface area contributed by atoms with Gasteiger partial charge in [-0.2, -0.15) is 0 Å². The van der Waals surface area contributed by atoms with Gasteiger partial charge in [-0.25, -0.2) is 0 Å². The van der Waals surface area contributed by atoms with E-state index in [1.807, 2.05) is 25.2 Å². The first kappa shape index (κ1) is 12.3. The predicted molar refractivity (Wildman–Crippen MR) is 71.3 cm³/mol. The van der Waals surface area contributed by atoms with Crippen molar-refractivity contribution in [1.29, 1.82) is 0 Å². The number of ether oxygens (including phenoxy) is 2. The summed E-state index contributed by atoms with van der Waals surface area (Å²) in [6.45, 7) is 0. The minimum absolute atomic E-state index is 0.0464. The number of fused-ring (bicyclic) bond motifs is 1. The molecule has 0 saturated heterocycles. The van der Waals surface area contributed by atoms with Gasteiger partial charge in [-0.15, -0.1) is 0 Å². The lowest BCUT2D eigenvalue weighted by Crippen LogP contribution is -2.55. The van der Waals surface area contributed by atoms with E-state index in [0.29, 0.717) is 12.1 Å². The molecule has 0 amide bonds. The summed E-state index contributed by atoms with van der Waals surface area (Å²) in [5, 5.41) is 4.13. The van der Waals surface area contributed by atoms with Crippen molar-refractivity contribution in [3.8, 4) is 5.75 Å². The van der Waals surface area contributed by atoms with Crippen molar-refractivity contribution in [1.82, 2.24) is 5.32 Å². The monoisotopic (exact) mass is 267 g/mol. The molecule has 0 radical (unpaired) electrons. The number of rotatable bonds is 2. The number of hydrogen-bond donors (Lipinski definition) is 1. The van der Waals surface area contributed by atoms with Gasteiger partial charge >= 0.3 is 0 Å². The molecule has 3 nitrogen and oxygen atoms in total. The van der Waals surface area contributed by atoms with Crippen molar-refractivity contribution >= 4 is 11.6 Å². The van der Waals surface area contributed by atoms with Crippen LogP contribution in [0.25, 0.3) is 0 Å². The molecule has 1 aromatic carbocycles. The van der Waals surface area contributed by atoms with Crippen LogP contribution < -0.4 is 10.1 Å². The third-order valence-electron chi connectivity index (χ3n) is 4.13. The molecule has 0 aromatic heterocycles. The van der Waals surface area contributed by atoms with E-state index in [2.05, 4.69) is 5.32 Å². The zero-order valence-corrected chi connectivity index (χ0v) is 11.5. The Morgan fingerprint density at radius 3 is 2.83 bits per heavy atom. The van der Waals surface area contributed by atoms with Crippen LogP contribution in [-0.4, -0.2) is 25.9 Å². The van der Waals surface area contributed by atoms with Gasteiger partial charge in [-0.1, -0.05) is 11.6 Å². The van der Waals surface area contributed by atoms with Crippen molar-refractivity contribution < 1.29 is 9.47 Å². The molecule has 2 aliphatic rings. The predicted octanol–water partition coefficient (Wildman–Crippen LogP) is 2.93. The maximum absolute atomic E-state index is 6.20. The van der Waals surface area contributed by atoms with E-state index in [-0.39, 0.29) is 5.60 Å². The van der Waals surface area contributed by atoms with Crippen molar-refractivity contribution in [3.63, 3.8) is 0 Å². The Bertz CT molecular complexity index is 457. The van der Waals surface area contributed by atoms with Crippen LogP contribution in [0.4, 0.5) is 0 Å². The van der Waals surface area contributed by atoms with Crippen LogP contribution in [0.2, 0.25) is 5.02 Å². The normalized spacial score (nSPS) is 33.7.